The molecule has 0 radical (unpaired) electrons. The number of phenols is 2. The molecule has 0 aliphatic heterocycles. The van der Waals surface area contributed by atoms with Crippen LogP contribution in [0, 0.1) is 0 Å². The van der Waals surface area contributed by atoms with E-state index >= 15 is 0 Å². The maximum atomic E-state index is 12.5. The lowest BCUT2D eigenvalue weighted by Gasteiger charge is -2.12. The van der Waals surface area contributed by atoms with Crippen LogP contribution in [0.3, 0.4) is 0 Å². The molecule has 0 aliphatic rings. The molecule has 0 heterocycles. The van der Waals surface area contributed by atoms with Gasteiger partial charge < -0.3 is 25.2 Å². The molecule has 3 aromatic carbocycles. The van der Waals surface area contributed by atoms with Gasteiger partial charge in [0.2, 0.25) is 0 Å². The minimum Gasteiger partial charge on any atom is -0.504 e. The van der Waals surface area contributed by atoms with Gasteiger partial charge in [-0.15, -0.1) is 0 Å². The van der Waals surface area contributed by atoms with E-state index in [1.807, 2.05) is 0 Å². The number of Topliss-reactive ketones (excluding diaryl/α,β-unsaturated/α-hetero) is 1. The fourth-order valence-corrected chi connectivity index (χ4v) is 3.70. The standard InChI is InChI=1S/C26H28O7/c1-16(27)11-20-13-21(8-9-22(20)26(31)32)33-10-4-2-3-5-23(28)18-7-6-17-14-24(29)25(30)15-19(17)12-18/h6-9,12-16,27,29-30H,2-5,10-11H2,1H3,(H,31,32). The summed E-state index contributed by atoms with van der Waals surface area (Å²) in [6, 6.07) is 12.8. The van der Waals surface area contributed by atoms with E-state index < -0.39 is 12.1 Å². The quantitative estimate of drug-likeness (QED) is 0.189. The summed E-state index contributed by atoms with van der Waals surface area (Å²) in [6.45, 7) is 2.04. The minimum atomic E-state index is -1.04. The Hall–Kier alpha value is -3.58. The highest BCUT2D eigenvalue weighted by atomic mass is 16.5. The number of carbonyl (C=O) groups excluding carboxylic acids is 1. The number of aliphatic hydroxyl groups excluding tert-OH is 1. The van der Waals surface area contributed by atoms with Crippen molar-refractivity contribution >= 4 is 22.5 Å². The topological polar surface area (TPSA) is 124 Å². The Bertz CT molecular complexity index is 1150. The summed E-state index contributed by atoms with van der Waals surface area (Å²) < 4.78 is 5.72. The predicted octanol–water partition coefficient (Wildman–Crippen LogP) is 4.69. The Kier molecular flexibility index (Phi) is 7.90. The smallest absolute Gasteiger partial charge is 0.335 e. The molecule has 0 aliphatic carbocycles. The summed E-state index contributed by atoms with van der Waals surface area (Å²) >= 11 is 0. The molecular weight excluding hydrogens is 424 g/mol. The van der Waals surface area contributed by atoms with Gasteiger partial charge in [0.25, 0.3) is 0 Å². The molecule has 0 spiro atoms. The van der Waals surface area contributed by atoms with Crippen LogP contribution in [0.15, 0.2) is 48.5 Å². The summed E-state index contributed by atoms with van der Waals surface area (Å²) in [5.41, 5.74) is 1.25. The van der Waals surface area contributed by atoms with Gasteiger partial charge in [-0.3, -0.25) is 4.79 Å². The van der Waals surface area contributed by atoms with Gasteiger partial charge in [-0.25, -0.2) is 4.79 Å². The predicted molar refractivity (Wildman–Crippen MR) is 124 cm³/mol. The largest absolute Gasteiger partial charge is 0.504 e. The number of aromatic carboxylic acids is 1. The zero-order valence-electron chi connectivity index (χ0n) is 18.5. The lowest BCUT2D eigenvalue weighted by Crippen LogP contribution is -2.10. The van der Waals surface area contributed by atoms with Crippen molar-refractivity contribution in [1.29, 1.82) is 0 Å². The first-order valence-electron chi connectivity index (χ1n) is 10.9. The van der Waals surface area contributed by atoms with Crippen LogP contribution < -0.4 is 4.74 Å². The molecule has 0 saturated heterocycles. The Morgan fingerprint density at radius 2 is 1.64 bits per heavy atom. The van der Waals surface area contributed by atoms with E-state index in [4.69, 9.17) is 4.74 Å². The number of benzene rings is 3. The molecule has 3 aromatic rings. The SMILES string of the molecule is CC(O)Cc1cc(OCCCCCC(=O)c2ccc3cc(O)c(O)cc3c2)ccc1C(=O)O. The van der Waals surface area contributed by atoms with Crippen molar-refractivity contribution in [2.24, 2.45) is 0 Å². The number of aliphatic hydroxyl groups is 1. The maximum Gasteiger partial charge on any atom is 0.335 e. The van der Waals surface area contributed by atoms with Gasteiger partial charge in [0.15, 0.2) is 17.3 Å². The van der Waals surface area contributed by atoms with Gasteiger partial charge in [0, 0.05) is 12.0 Å². The molecule has 3 rings (SSSR count). The summed E-state index contributed by atoms with van der Waals surface area (Å²) in [6.07, 6.45) is 2.20. The van der Waals surface area contributed by atoms with Crippen LogP contribution in [0.1, 0.15) is 58.9 Å². The third kappa shape index (κ3) is 6.46. The summed E-state index contributed by atoms with van der Waals surface area (Å²) in [5.74, 6) is -0.888. The van der Waals surface area contributed by atoms with Gasteiger partial charge in [0.05, 0.1) is 18.3 Å². The van der Waals surface area contributed by atoms with E-state index in [0.29, 0.717) is 41.7 Å². The van der Waals surface area contributed by atoms with Crippen molar-refractivity contribution in [3.8, 4) is 17.2 Å². The lowest BCUT2D eigenvalue weighted by molar-refractivity contribution is 0.0694. The van der Waals surface area contributed by atoms with Crippen LogP contribution in [0.2, 0.25) is 0 Å². The van der Waals surface area contributed by atoms with Gasteiger partial charge in [0.1, 0.15) is 5.75 Å². The number of phenolic OH excluding ortho intramolecular Hbond substituents is 2. The van der Waals surface area contributed by atoms with E-state index in [1.165, 1.54) is 18.2 Å². The molecule has 0 saturated carbocycles. The molecule has 1 unspecified atom stereocenters. The van der Waals surface area contributed by atoms with Crippen LogP contribution in [0.4, 0.5) is 0 Å². The minimum absolute atomic E-state index is 0.0115. The van der Waals surface area contributed by atoms with Crippen LogP contribution >= 0.6 is 0 Å². The molecule has 0 fully saturated rings. The number of carbonyl (C=O) groups is 2. The van der Waals surface area contributed by atoms with E-state index in [1.54, 1.807) is 37.3 Å². The number of carboxylic acids is 1. The van der Waals surface area contributed by atoms with Crippen molar-refractivity contribution < 1.29 is 34.8 Å². The summed E-state index contributed by atoms with van der Waals surface area (Å²) in [4.78, 5) is 23.8. The third-order valence-electron chi connectivity index (χ3n) is 5.39. The fourth-order valence-electron chi connectivity index (χ4n) is 3.70. The van der Waals surface area contributed by atoms with Crippen molar-refractivity contribution in [3.05, 3.63) is 65.2 Å². The highest BCUT2D eigenvalue weighted by molar-refractivity contribution is 6.00. The molecule has 0 aromatic heterocycles. The maximum absolute atomic E-state index is 12.5. The van der Waals surface area contributed by atoms with Crippen LogP contribution in [-0.4, -0.2) is 44.9 Å². The summed E-state index contributed by atoms with van der Waals surface area (Å²) in [7, 11) is 0. The van der Waals surface area contributed by atoms with Crippen LogP contribution in [-0.2, 0) is 6.42 Å². The Balaban J connectivity index is 1.46. The summed E-state index contributed by atoms with van der Waals surface area (Å²) in [5, 5.41) is 39.5. The number of fused-ring (bicyclic) bond motifs is 1. The Morgan fingerprint density at radius 3 is 2.33 bits per heavy atom. The fraction of sp³-hybridized carbons (Fsp3) is 0.308. The lowest BCUT2D eigenvalue weighted by atomic mass is 10.0. The molecule has 174 valence electrons. The second-order valence-electron chi connectivity index (χ2n) is 8.16. The van der Waals surface area contributed by atoms with E-state index in [2.05, 4.69) is 0 Å². The van der Waals surface area contributed by atoms with Crippen LogP contribution in [0.25, 0.3) is 10.8 Å². The molecule has 7 heteroatoms. The molecule has 0 amide bonds. The molecule has 0 bridgehead atoms. The monoisotopic (exact) mass is 452 g/mol. The second kappa shape index (κ2) is 10.8. The van der Waals surface area contributed by atoms with E-state index in [0.717, 1.165) is 18.2 Å². The average molecular weight is 453 g/mol. The zero-order valence-corrected chi connectivity index (χ0v) is 18.5. The number of unbranched alkanes of at least 4 members (excludes halogenated alkanes) is 2. The van der Waals surface area contributed by atoms with Gasteiger partial charge >= 0.3 is 5.97 Å². The first-order chi connectivity index (χ1) is 15.7. The number of ketones is 1. The number of carboxylic acid groups (broad SMARTS) is 1. The highest BCUT2D eigenvalue weighted by Gasteiger charge is 2.13. The van der Waals surface area contributed by atoms with E-state index in [-0.39, 0.29) is 29.3 Å². The molecular formula is C26H28O7. The van der Waals surface area contributed by atoms with Gasteiger partial charge in [-0.1, -0.05) is 12.1 Å². The number of hydrogen-bond acceptors (Lipinski definition) is 6. The third-order valence-corrected chi connectivity index (χ3v) is 5.39. The normalized spacial score (nSPS) is 11.9. The van der Waals surface area contributed by atoms with Crippen molar-refractivity contribution in [1.82, 2.24) is 0 Å². The number of rotatable bonds is 11. The average Bonchev–Trinajstić information content (AvgIpc) is 2.76. The number of ether oxygens (including phenoxy) is 1. The number of hydrogen-bond donors (Lipinski definition) is 4. The Labute approximate surface area is 191 Å². The molecule has 33 heavy (non-hydrogen) atoms. The van der Waals surface area contributed by atoms with Gasteiger partial charge in [-0.2, -0.15) is 0 Å². The van der Waals surface area contributed by atoms with E-state index in [9.17, 15) is 30.0 Å². The zero-order chi connectivity index (χ0) is 24.0. The molecule has 1 atom stereocenters. The van der Waals surface area contributed by atoms with Crippen molar-refractivity contribution in [3.63, 3.8) is 0 Å². The first kappa shape index (κ1) is 24.1. The Morgan fingerprint density at radius 1 is 0.909 bits per heavy atom. The molecule has 7 nitrogen and oxygen atoms in total. The highest BCUT2D eigenvalue weighted by Crippen LogP contribution is 2.31. The van der Waals surface area contributed by atoms with Crippen LogP contribution in [0.5, 0.6) is 17.2 Å². The second-order valence-corrected chi connectivity index (χ2v) is 8.16. The van der Waals surface area contributed by atoms with Crippen molar-refractivity contribution in [2.45, 2.75) is 45.1 Å². The number of aromatic hydroxyl groups is 2. The van der Waals surface area contributed by atoms with Crippen molar-refractivity contribution in [2.75, 3.05) is 6.61 Å². The molecule has 4 N–H and O–H groups in total. The van der Waals surface area contributed by atoms with Gasteiger partial charge in [-0.05, 0) is 85.3 Å². The first-order valence-corrected chi connectivity index (χ1v) is 10.9.